The number of imidazole rings is 1. The largest absolute Gasteiger partial charge is 0.326 e. The Morgan fingerprint density at radius 2 is 2.05 bits per heavy atom. The minimum absolute atomic E-state index is 0.247. The van der Waals surface area contributed by atoms with E-state index in [1.807, 2.05) is 0 Å². The van der Waals surface area contributed by atoms with E-state index >= 15 is 0 Å². The van der Waals surface area contributed by atoms with Crippen molar-refractivity contribution >= 4 is 11.0 Å². The lowest BCUT2D eigenvalue weighted by Crippen LogP contribution is -2.27. The number of nitrogens with zero attached hydrogens (tertiary/aromatic N) is 4. The summed E-state index contributed by atoms with van der Waals surface area (Å²) in [5.41, 5.74) is 3.36. The Morgan fingerprint density at radius 1 is 1.33 bits per heavy atom. The van der Waals surface area contributed by atoms with Gasteiger partial charge in [0.25, 0.3) is 0 Å². The first-order valence-electron chi connectivity index (χ1n) is 7.46. The summed E-state index contributed by atoms with van der Waals surface area (Å²) < 4.78 is 2.21. The summed E-state index contributed by atoms with van der Waals surface area (Å²) >= 11 is 0. The monoisotopic (exact) mass is 284 g/mol. The van der Waals surface area contributed by atoms with Gasteiger partial charge in [0.15, 0.2) is 0 Å². The zero-order valence-electron chi connectivity index (χ0n) is 13.6. The maximum absolute atomic E-state index is 8.93. The van der Waals surface area contributed by atoms with Crippen molar-refractivity contribution in [3.05, 3.63) is 29.6 Å². The van der Waals surface area contributed by atoms with E-state index in [1.54, 1.807) is 0 Å². The van der Waals surface area contributed by atoms with Crippen molar-refractivity contribution in [1.82, 2.24) is 14.5 Å². The smallest absolute Gasteiger partial charge is 0.127 e. The summed E-state index contributed by atoms with van der Waals surface area (Å²) in [6.07, 6.45) is 0.505. The van der Waals surface area contributed by atoms with Crippen LogP contribution in [0.1, 0.15) is 37.7 Å². The van der Waals surface area contributed by atoms with E-state index in [0.29, 0.717) is 18.9 Å². The van der Waals surface area contributed by atoms with E-state index in [4.69, 9.17) is 10.2 Å². The third-order valence-corrected chi connectivity index (χ3v) is 3.83. The number of rotatable bonds is 5. The Kier molecular flexibility index (Phi) is 4.64. The van der Waals surface area contributed by atoms with Crippen molar-refractivity contribution in [3.63, 3.8) is 0 Å². The Labute approximate surface area is 127 Å². The summed E-state index contributed by atoms with van der Waals surface area (Å²) in [6.45, 7) is 7.20. The highest BCUT2D eigenvalue weighted by Gasteiger charge is 2.24. The van der Waals surface area contributed by atoms with Crippen molar-refractivity contribution in [2.75, 3.05) is 14.1 Å². The zero-order valence-corrected chi connectivity index (χ0v) is 13.6. The molecule has 0 spiro atoms. The van der Waals surface area contributed by atoms with Crippen molar-refractivity contribution in [3.8, 4) is 6.07 Å². The van der Waals surface area contributed by atoms with Gasteiger partial charge in [-0.3, -0.25) is 4.90 Å². The molecular formula is C17H24N4. The number of fused-ring (bicyclic) bond motifs is 1. The number of hydrogen-bond donors (Lipinski definition) is 0. The first-order valence-corrected chi connectivity index (χ1v) is 7.46. The van der Waals surface area contributed by atoms with Gasteiger partial charge in [-0.05, 0) is 44.6 Å². The van der Waals surface area contributed by atoms with Crippen molar-refractivity contribution < 1.29 is 0 Å². The van der Waals surface area contributed by atoms with Gasteiger partial charge >= 0.3 is 0 Å². The molecule has 2 rings (SSSR count). The van der Waals surface area contributed by atoms with Crippen molar-refractivity contribution in [2.24, 2.45) is 5.92 Å². The van der Waals surface area contributed by atoms with Crippen LogP contribution >= 0.6 is 0 Å². The van der Waals surface area contributed by atoms with Crippen LogP contribution in [0.2, 0.25) is 0 Å². The molecule has 1 aromatic carbocycles. The van der Waals surface area contributed by atoms with Gasteiger partial charge in [0, 0.05) is 6.54 Å². The first-order chi connectivity index (χ1) is 9.95. The Morgan fingerprint density at radius 3 is 2.62 bits per heavy atom. The summed E-state index contributed by atoms with van der Waals surface area (Å²) in [5.74, 6) is 1.52. The maximum atomic E-state index is 8.93. The molecule has 0 aliphatic rings. The van der Waals surface area contributed by atoms with Gasteiger partial charge < -0.3 is 4.57 Å². The fourth-order valence-electron chi connectivity index (χ4n) is 3.01. The number of hydrogen-bond acceptors (Lipinski definition) is 3. The van der Waals surface area contributed by atoms with E-state index in [1.165, 1.54) is 5.56 Å². The Bertz CT molecular complexity index is 653. The molecule has 0 aliphatic heterocycles. The molecule has 0 saturated carbocycles. The molecule has 0 radical (unpaired) electrons. The van der Waals surface area contributed by atoms with Gasteiger partial charge in [-0.15, -0.1) is 0 Å². The average molecular weight is 284 g/mol. The van der Waals surface area contributed by atoms with Gasteiger partial charge in [-0.25, -0.2) is 4.98 Å². The van der Waals surface area contributed by atoms with Crippen LogP contribution < -0.4 is 0 Å². The predicted molar refractivity (Wildman–Crippen MR) is 86.0 cm³/mol. The average Bonchev–Trinajstić information content (AvgIpc) is 2.72. The van der Waals surface area contributed by atoms with Crippen LogP contribution in [0, 0.1) is 24.2 Å². The van der Waals surface area contributed by atoms with Crippen LogP contribution in [-0.2, 0) is 6.54 Å². The third kappa shape index (κ3) is 3.08. The molecule has 2 aromatic rings. The molecule has 4 heteroatoms. The second-order valence-electron chi connectivity index (χ2n) is 6.17. The summed E-state index contributed by atoms with van der Waals surface area (Å²) in [4.78, 5) is 7.09. The molecule has 0 aliphatic carbocycles. The summed E-state index contributed by atoms with van der Waals surface area (Å²) in [5, 5.41) is 8.93. The molecule has 1 atom stereocenters. The fourth-order valence-corrected chi connectivity index (χ4v) is 3.01. The van der Waals surface area contributed by atoms with Crippen LogP contribution in [0.15, 0.2) is 18.2 Å². The lowest BCUT2D eigenvalue weighted by Gasteiger charge is -2.28. The second kappa shape index (κ2) is 6.28. The molecule has 0 N–H and O–H groups in total. The van der Waals surface area contributed by atoms with Crippen molar-refractivity contribution in [2.45, 2.75) is 39.8 Å². The minimum atomic E-state index is 0.247. The Hall–Kier alpha value is -1.86. The lowest BCUT2D eigenvalue weighted by molar-refractivity contribution is 0.219. The fraction of sp³-hybridized carbons (Fsp3) is 0.529. The van der Waals surface area contributed by atoms with Gasteiger partial charge in [0.1, 0.15) is 5.82 Å². The van der Waals surface area contributed by atoms with E-state index in [0.717, 1.165) is 16.9 Å². The predicted octanol–water partition coefficient (Wildman–Crippen LogP) is 3.52. The second-order valence-corrected chi connectivity index (χ2v) is 6.17. The molecular weight excluding hydrogens is 260 g/mol. The van der Waals surface area contributed by atoms with Crippen molar-refractivity contribution in [1.29, 1.82) is 5.26 Å². The highest BCUT2D eigenvalue weighted by atomic mass is 15.2. The molecule has 112 valence electrons. The molecule has 1 unspecified atom stereocenters. The third-order valence-electron chi connectivity index (χ3n) is 3.83. The van der Waals surface area contributed by atoms with Crippen LogP contribution in [0.25, 0.3) is 11.0 Å². The van der Waals surface area contributed by atoms with Gasteiger partial charge in [-0.1, -0.05) is 19.9 Å². The molecule has 0 amide bonds. The van der Waals surface area contributed by atoms with Crippen LogP contribution in [0.4, 0.5) is 0 Å². The van der Waals surface area contributed by atoms with E-state index in [2.05, 4.69) is 68.6 Å². The first kappa shape index (κ1) is 15.5. The van der Waals surface area contributed by atoms with E-state index in [-0.39, 0.29) is 6.04 Å². The quantitative estimate of drug-likeness (QED) is 0.844. The molecule has 0 bridgehead atoms. The minimum Gasteiger partial charge on any atom is -0.326 e. The van der Waals surface area contributed by atoms with Gasteiger partial charge in [0.2, 0.25) is 0 Å². The zero-order chi connectivity index (χ0) is 15.6. The van der Waals surface area contributed by atoms with Crippen LogP contribution in [0.5, 0.6) is 0 Å². The molecule has 1 aromatic heterocycles. The molecule has 21 heavy (non-hydrogen) atoms. The standard InChI is InChI=1S/C17H24N4/c1-12(2)16(20(4)5)17-19-14-11-13(3)7-8-15(14)21(17)10-6-9-18/h7-8,11-12,16H,6,10H2,1-5H3. The SMILES string of the molecule is Cc1ccc2c(c1)nc(C(C(C)C)N(C)C)n2CCC#N. The summed E-state index contributed by atoms with van der Waals surface area (Å²) in [6, 6.07) is 8.84. The van der Waals surface area contributed by atoms with Crippen LogP contribution in [0.3, 0.4) is 0 Å². The van der Waals surface area contributed by atoms with Gasteiger partial charge in [-0.2, -0.15) is 5.26 Å². The highest BCUT2D eigenvalue weighted by Crippen LogP contribution is 2.29. The topological polar surface area (TPSA) is 44.9 Å². The van der Waals surface area contributed by atoms with Crippen LogP contribution in [-0.4, -0.2) is 28.5 Å². The number of aryl methyl sites for hydroxylation is 2. The normalized spacial score (nSPS) is 13.0. The number of aromatic nitrogens is 2. The van der Waals surface area contributed by atoms with Gasteiger partial charge in [0.05, 0.1) is 29.6 Å². The summed E-state index contributed by atoms with van der Waals surface area (Å²) in [7, 11) is 4.17. The van der Waals surface area contributed by atoms with E-state index in [9.17, 15) is 0 Å². The highest BCUT2D eigenvalue weighted by molar-refractivity contribution is 5.77. The molecule has 0 saturated heterocycles. The van der Waals surface area contributed by atoms with E-state index < -0.39 is 0 Å². The Balaban J connectivity index is 2.62. The number of benzene rings is 1. The lowest BCUT2D eigenvalue weighted by atomic mass is 10.0. The number of nitriles is 1. The molecule has 1 heterocycles. The molecule has 0 fully saturated rings. The maximum Gasteiger partial charge on any atom is 0.127 e. The molecule has 4 nitrogen and oxygen atoms in total.